The van der Waals surface area contributed by atoms with Gasteiger partial charge in [-0.3, -0.25) is 14.8 Å². The molecule has 5 rings (SSSR count). The zero-order valence-electron chi connectivity index (χ0n) is 17.4. The van der Waals surface area contributed by atoms with E-state index in [-0.39, 0.29) is 5.91 Å². The Hall–Kier alpha value is -4.85. The fraction of sp³-hybridized carbons (Fsp3) is 0. The summed E-state index contributed by atoms with van der Waals surface area (Å²) in [6.07, 6.45) is 8.12. The summed E-state index contributed by atoms with van der Waals surface area (Å²) in [5, 5.41) is 2.70. The molecule has 1 amide bonds. The van der Waals surface area contributed by atoms with E-state index < -0.39 is 0 Å². The summed E-state index contributed by atoms with van der Waals surface area (Å²) in [5.74, 6) is 0.547. The first-order valence-corrected chi connectivity index (χ1v) is 10.1. The van der Waals surface area contributed by atoms with Crippen LogP contribution < -0.4 is 10.1 Å². The van der Waals surface area contributed by atoms with Crippen LogP contribution in [0.5, 0.6) is 11.6 Å². The smallest absolute Gasteiger partial charge is 0.247 e. The molecule has 5 aromatic rings. The molecule has 2 N–H and O–H groups in total. The monoisotopic (exact) mass is 434 g/mol. The van der Waals surface area contributed by atoms with Crippen molar-refractivity contribution in [2.45, 2.75) is 0 Å². The van der Waals surface area contributed by atoms with Gasteiger partial charge in [-0.25, -0.2) is 9.97 Å². The van der Waals surface area contributed by atoms with Crippen LogP contribution in [0.4, 0.5) is 5.69 Å². The van der Waals surface area contributed by atoms with Gasteiger partial charge in [0.15, 0.2) is 5.65 Å². The van der Waals surface area contributed by atoms with Gasteiger partial charge in [-0.1, -0.05) is 24.8 Å². The van der Waals surface area contributed by atoms with E-state index in [1.165, 1.54) is 6.08 Å². The average molecular weight is 434 g/mol. The lowest BCUT2D eigenvalue weighted by atomic mass is 10.1. The van der Waals surface area contributed by atoms with E-state index in [2.05, 4.69) is 36.8 Å². The van der Waals surface area contributed by atoms with Crippen LogP contribution in [-0.2, 0) is 4.79 Å². The number of pyridine rings is 2. The second-order valence-corrected chi connectivity index (χ2v) is 7.08. The predicted molar refractivity (Wildman–Crippen MR) is 126 cm³/mol. The number of rotatable bonds is 6. The molecule has 33 heavy (non-hydrogen) atoms. The summed E-state index contributed by atoms with van der Waals surface area (Å²) >= 11 is 0. The summed E-state index contributed by atoms with van der Waals surface area (Å²) in [6, 6.07) is 16.6. The van der Waals surface area contributed by atoms with Crippen molar-refractivity contribution in [2.75, 3.05) is 5.32 Å². The molecule has 4 heterocycles. The SMILES string of the molecule is C=CC(=O)Nc1cccc(Oc2cnc3[nH]cc(-c4ccc(-c5ccccn5)nc4)c3n2)c1. The number of hydrogen-bond acceptors (Lipinski definition) is 6. The Kier molecular flexibility index (Phi) is 5.30. The number of benzene rings is 1. The highest BCUT2D eigenvalue weighted by molar-refractivity contribution is 5.99. The molecular formula is C25H18N6O2. The molecule has 0 saturated carbocycles. The van der Waals surface area contributed by atoms with Crippen LogP contribution in [0.25, 0.3) is 33.7 Å². The maximum Gasteiger partial charge on any atom is 0.247 e. The topological polar surface area (TPSA) is 106 Å². The average Bonchev–Trinajstić information content (AvgIpc) is 3.28. The second kappa shape index (κ2) is 8.72. The quantitative estimate of drug-likeness (QED) is 0.364. The van der Waals surface area contributed by atoms with Gasteiger partial charge in [0.05, 0.1) is 17.6 Å². The van der Waals surface area contributed by atoms with Gasteiger partial charge in [-0.2, -0.15) is 0 Å². The van der Waals surface area contributed by atoms with Crippen molar-refractivity contribution in [2.24, 2.45) is 0 Å². The lowest BCUT2D eigenvalue weighted by Gasteiger charge is -2.07. The fourth-order valence-electron chi connectivity index (χ4n) is 3.31. The van der Waals surface area contributed by atoms with E-state index >= 15 is 0 Å². The minimum atomic E-state index is -0.298. The Bertz CT molecular complexity index is 1450. The maximum atomic E-state index is 11.5. The first-order chi connectivity index (χ1) is 16.2. The van der Waals surface area contributed by atoms with Crippen LogP contribution in [0.1, 0.15) is 0 Å². The predicted octanol–water partition coefficient (Wildman–Crippen LogP) is 5.00. The molecule has 0 unspecified atom stereocenters. The number of H-pyrrole nitrogens is 1. The molecule has 0 bridgehead atoms. The van der Waals surface area contributed by atoms with Gasteiger partial charge in [-0.15, -0.1) is 0 Å². The Morgan fingerprint density at radius 3 is 2.70 bits per heavy atom. The third kappa shape index (κ3) is 4.31. The standard InChI is InChI=1S/C25H18N6O2/c1-2-22(32)30-17-6-5-7-18(12-17)33-23-15-29-25-24(31-23)19(14-28-25)16-9-10-21(27-13-16)20-8-3-4-11-26-20/h2-15H,1H2,(H,28,29)(H,30,32). The molecule has 8 nitrogen and oxygen atoms in total. The van der Waals surface area contributed by atoms with Gasteiger partial charge >= 0.3 is 0 Å². The van der Waals surface area contributed by atoms with E-state index in [1.807, 2.05) is 36.5 Å². The van der Waals surface area contributed by atoms with Gasteiger partial charge in [0.25, 0.3) is 0 Å². The molecular weight excluding hydrogens is 416 g/mol. The van der Waals surface area contributed by atoms with E-state index in [0.717, 1.165) is 22.5 Å². The number of ether oxygens (including phenoxy) is 1. The van der Waals surface area contributed by atoms with Crippen molar-refractivity contribution in [3.05, 3.63) is 92.0 Å². The number of hydrogen-bond donors (Lipinski definition) is 2. The van der Waals surface area contributed by atoms with Crippen LogP contribution in [0, 0.1) is 0 Å². The number of carbonyl (C=O) groups excluding carboxylic acids is 1. The molecule has 0 fully saturated rings. The number of carbonyl (C=O) groups is 1. The van der Waals surface area contributed by atoms with Crippen LogP contribution in [-0.4, -0.2) is 30.8 Å². The third-order valence-electron chi connectivity index (χ3n) is 4.87. The largest absolute Gasteiger partial charge is 0.437 e. The van der Waals surface area contributed by atoms with Crippen molar-refractivity contribution in [1.29, 1.82) is 0 Å². The van der Waals surface area contributed by atoms with Gasteiger partial charge in [0.1, 0.15) is 11.3 Å². The highest BCUT2D eigenvalue weighted by Crippen LogP contribution is 2.30. The van der Waals surface area contributed by atoms with E-state index in [0.29, 0.717) is 28.5 Å². The van der Waals surface area contributed by atoms with Crippen molar-refractivity contribution in [1.82, 2.24) is 24.9 Å². The van der Waals surface area contributed by atoms with E-state index in [4.69, 9.17) is 4.74 Å². The lowest BCUT2D eigenvalue weighted by Crippen LogP contribution is -2.07. The fourth-order valence-corrected chi connectivity index (χ4v) is 3.31. The summed E-state index contributed by atoms with van der Waals surface area (Å²) in [7, 11) is 0. The van der Waals surface area contributed by atoms with Crippen LogP contribution in [0.2, 0.25) is 0 Å². The number of fused-ring (bicyclic) bond motifs is 1. The van der Waals surface area contributed by atoms with Crippen molar-refractivity contribution in [3.8, 4) is 34.1 Å². The molecule has 4 aromatic heterocycles. The molecule has 0 radical (unpaired) electrons. The minimum absolute atomic E-state index is 0.298. The number of nitrogens with zero attached hydrogens (tertiary/aromatic N) is 4. The first kappa shape index (κ1) is 20.1. The van der Waals surface area contributed by atoms with Gasteiger partial charge in [0, 0.05) is 41.5 Å². The number of aromatic nitrogens is 5. The highest BCUT2D eigenvalue weighted by Gasteiger charge is 2.12. The molecule has 0 aliphatic heterocycles. The molecule has 0 spiro atoms. The summed E-state index contributed by atoms with van der Waals surface area (Å²) < 4.78 is 5.89. The Balaban J connectivity index is 1.42. The Morgan fingerprint density at radius 2 is 1.91 bits per heavy atom. The Morgan fingerprint density at radius 1 is 1.00 bits per heavy atom. The molecule has 8 heteroatoms. The van der Waals surface area contributed by atoms with E-state index in [9.17, 15) is 4.79 Å². The van der Waals surface area contributed by atoms with Gasteiger partial charge < -0.3 is 15.0 Å². The lowest BCUT2D eigenvalue weighted by molar-refractivity contribution is -0.111. The molecule has 0 aliphatic carbocycles. The van der Waals surface area contributed by atoms with Gasteiger partial charge in [-0.05, 0) is 36.4 Å². The van der Waals surface area contributed by atoms with E-state index in [1.54, 1.807) is 42.9 Å². The van der Waals surface area contributed by atoms with Crippen LogP contribution in [0.3, 0.4) is 0 Å². The number of amides is 1. The number of aromatic amines is 1. The van der Waals surface area contributed by atoms with Crippen molar-refractivity contribution < 1.29 is 9.53 Å². The summed E-state index contributed by atoms with van der Waals surface area (Å²) in [4.78, 5) is 32.6. The van der Waals surface area contributed by atoms with Crippen LogP contribution >= 0.6 is 0 Å². The van der Waals surface area contributed by atoms with Crippen molar-refractivity contribution >= 4 is 22.8 Å². The molecule has 160 valence electrons. The molecule has 0 saturated heterocycles. The summed E-state index contributed by atoms with van der Waals surface area (Å²) in [6.45, 7) is 3.45. The molecule has 0 aliphatic rings. The number of anilines is 1. The zero-order valence-corrected chi connectivity index (χ0v) is 17.4. The normalized spacial score (nSPS) is 10.7. The first-order valence-electron chi connectivity index (χ1n) is 10.1. The van der Waals surface area contributed by atoms with Crippen LogP contribution in [0.15, 0.2) is 92.0 Å². The third-order valence-corrected chi connectivity index (χ3v) is 4.87. The zero-order chi connectivity index (χ0) is 22.6. The number of nitrogens with one attached hydrogen (secondary N) is 2. The molecule has 0 atom stereocenters. The Labute approximate surface area is 189 Å². The highest BCUT2D eigenvalue weighted by atomic mass is 16.5. The maximum absolute atomic E-state index is 11.5. The second-order valence-electron chi connectivity index (χ2n) is 7.08. The van der Waals surface area contributed by atoms with Crippen molar-refractivity contribution in [3.63, 3.8) is 0 Å². The molecule has 1 aromatic carbocycles. The summed E-state index contributed by atoms with van der Waals surface area (Å²) in [5.41, 5.74) is 5.24. The minimum Gasteiger partial charge on any atom is -0.437 e. The van der Waals surface area contributed by atoms with Gasteiger partial charge in [0.2, 0.25) is 11.8 Å².